The van der Waals surface area contributed by atoms with Gasteiger partial charge in [-0.25, -0.2) is 9.97 Å². The average Bonchev–Trinajstić information content (AvgIpc) is 2.16. The maximum atomic E-state index is 4.55. The normalized spacial score (nSPS) is 10.8. The summed E-state index contributed by atoms with van der Waals surface area (Å²) in [5.41, 5.74) is 2.49. The van der Waals surface area contributed by atoms with E-state index >= 15 is 0 Å². The minimum absolute atomic E-state index is 0.427. The molecular weight excluding hydrogens is 160 g/mol. The van der Waals surface area contributed by atoms with E-state index in [1.807, 2.05) is 6.20 Å². The van der Waals surface area contributed by atoms with Crippen LogP contribution in [0.2, 0.25) is 0 Å². The molecule has 0 amide bonds. The summed E-state index contributed by atoms with van der Waals surface area (Å²) in [6, 6.07) is 0. The van der Waals surface area contributed by atoms with Gasteiger partial charge in [0.25, 0.3) is 0 Å². The highest BCUT2D eigenvalue weighted by Crippen LogP contribution is 2.12. The number of aryl methyl sites for hydroxylation is 2. The molecule has 0 fully saturated rings. The molecule has 0 radical (unpaired) electrons. The molecule has 0 aliphatic heterocycles. The molecule has 0 saturated heterocycles. The van der Waals surface area contributed by atoms with Crippen LogP contribution in [0.15, 0.2) is 6.20 Å². The number of hydrogen-bond donors (Lipinski definition) is 0. The van der Waals surface area contributed by atoms with Gasteiger partial charge in [0, 0.05) is 17.8 Å². The first-order valence-corrected chi connectivity index (χ1v) is 5.03. The van der Waals surface area contributed by atoms with Crippen molar-refractivity contribution in [3.63, 3.8) is 0 Å². The molecule has 1 aromatic heterocycles. The number of rotatable bonds is 3. The lowest BCUT2D eigenvalue weighted by Crippen LogP contribution is -2.04. The van der Waals surface area contributed by atoms with E-state index in [2.05, 4.69) is 37.7 Å². The second-order valence-electron chi connectivity index (χ2n) is 3.56. The molecule has 0 aliphatic carbocycles. The second-order valence-corrected chi connectivity index (χ2v) is 3.56. The molecule has 1 heterocycles. The highest BCUT2D eigenvalue weighted by Gasteiger charge is 2.06. The number of hydrogen-bond acceptors (Lipinski definition) is 2. The molecule has 0 saturated carbocycles. The smallest absolute Gasteiger partial charge is 0.131 e. The van der Waals surface area contributed by atoms with Crippen molar-refractivity contribution in [3.05, 3.63) is 23.3 Å². The van der Waals surface area contributed by atoms with Gasteiger partial charge in [0.15, 0.2) is 0 Å². The predicted octanol–water partition coefficient (Wildman–Crippen LogP) is 2.72. The lowest BCUT2D eigenvalue weighted by atomic mass is 10.1. The van der Waals surface area contributed by atoms with E-state index in [4.69, 9.17) is 0 Å². The molecule has 2 heteroatoms. The van der Waals surface area contributed by atoms with E-state index in [1.165, 1.54) is 11.3 Å². The fourth-order valence-corrected chi connectivity index (χ4v) is 1.34. The van der Waals surface area contributed by atoms with Gasteiger partial charge in [0.2, 0.25) is 0 Å². The number of nitrogens with zero attached hydrogens (tertiary/aromatic N) is 2. The Morgan fingerprint density at radius 2 is 1.92 bits per heavy atom. The Hall–Kier alpha value is -0.920. The van der Waals surface area contributed by atoms with Crippen molar-refractivity contribution in [1.29, 1.82) is 0 Å². The summed E-state index contributed by atoms with van der Waals surface area (Å²) in [6.45, 7) is 8.54. The summed E-state index contributed by atoms with van der Waals surface area (Å²) < 4.78 is 0. The zero-order chi connectivity index (χ0) is 9.84. The van der Waals surface area contributed by atoms with Crippen LogP contribution >= 0.6 is 0 Å². The van der Waals surface area contributed by atoms with E-state index in [9.17, 15) is 0 Å². The van der Waals surface area contributed by atoms with E-state index in [1.54, 1.807) is 0 Å². The second kappa shape index (κ2) is 4.35. The average molecular weight is 178 g/mol. The Bertz CT molecular complexity index is 279. The summed E-state index contributed by atoms with van der Waals surface area (Å²) >= 11 is 0. The van der Waals surface area contributed by atoms with Crippen molar-refractivity contribution >= 4 is 0 Å². The predicted molar refractivity (Wildman–Crippen MR) is 54.9 cm³/mol. The monoisotopic (exact) mass is 178 g/mol. The van der Waals surface area contributed by atoms with Crippen LogP contribution in [0.3, 0.4) is 0 Å². The van der Waals surface area contributed by atoms with Gasteiger partial charge < -0.3 is 0 Å². The van der Waals surface area contributed by atoms with Gasteiger partial charge in [-0.05, 0) is 18.4 Å². The summed E-state index contributed by atoms with van der Waals surface area (Å²) in [5.74, 6) is 1.39. The molecule has 0 atom stereocenters. The minimum Gasteiger partial charge on any atom is -0.241 e. The van der Waals surface area contributed by atoms with Crippen LogP contribution in [0, 0.1) is 0 Å². The third-order valence-corrected chi connectivity index (χ3v) is 2.21. The van der Waals surface area contributed by atoms with Crippen LogP contribution in [0.4, 0.5) is 0 Å². The number of aromatic nitrogens is 2. The van der Waals surface area contributed by atoms with E-state index in [0.717, 1.165) is 18.7 Å². The van der Waals surface area contributed by atoms with Crippen molar-refractivity contribution in [2.24, 2.45) is 0 Å². The topological polar surface area (TPSA) is 25.8 Å². The molecule has 72 valence electrons. The Balaban J connectivity index is 3.05. The third-order valence-electron chi connectivity index (χ3n) is 2.21. The lowest BCUT2D eigenvalue weighted by molar-refractivity contribution is 0.748. The Kier molecular flexibility index (Phi) is 3.40. The Labute approximate surface area is 80.4 Å². The first-order valence-electron chi connectivity index (χ1n) is 5.03. The quantitative estimate of drug-likeness (QED) is 0.711. The zero-order valence-corrected chi connectivity index (χ0v) is 8.96. The fraction of sp³-hybridized carbons (Fsp3) is 0.636. The summed E-state index contributed by atoms with van der Waals surface area (Å²) in [5, 5.41) is 0. The van der Waals surface area contributed by atoms with E-state index in [0.29, 0.717) is 5.92 Å². The first-order chi connectivity index (χ1) is 6.19. The highest BCUT2D eigenvalue weighted by atomic mass is 14.9. The zero-order valence-electron chi connectivity index (χ0n) is 8.96. The van der Waals surface area contributed by atoms with Crippen LogP contribution in [-0.2, 0) is 12.8 Å². The Morgan fingerprint density at radius 3 is 2.38 bits per heavy atom. The van der Waals surface area contributed by atoms with Crippen molar-refractivity contribution < 1.29 is 0 Å². The molecule has 0 N–H and O–H groups in total. The van der Waals surface area contributed by atoms with Gasteiger partial charge in [-0.3, -0.25) is 0 Å². The molecule has 0 aliphatic rings. The van der Waals surface area contributed by atoms with Crippen LogP contribution in [-0.4, -0.2) is 9.97 Å². The Morgan fingerprint density at radius 1 is 1.23 bits per heavy atom. The maximum Gasteiger partial charge on any atom is 0.131 e. The summed E-state index contributed by atoms with van der Waals surface area (Å²) in [6.07, 6.45) is 4.01. The van der Waals surface area contributed by atoms with Gasteiger partial charge in [-0.1, -0.05) is 27.7 Å². The first kappa shape index (κ1) is 10.2. The van der Waals surface area contributed by atoms with Crippen LogP contribution in [0.5, 0.6) is 0 Å². The fourth-order valence-electron chi connectivity index (χ4n) is 1.34. The highest BCUT2D eigenvalue weighted by molar-refractivity contribution is 5.18. The van der Waals surface area contributed by atoms with Crippen LogP contribution in [0.1, 0.15) is 50.7 Å². The molecule has 1 rings (SSSR count). The van der Waals surface area contributed by atoms with E-state index < -0.39 is 0 Å². The van der Waals surface area contributed by atoms with Crippen molar-refractivity contribution in [2.75, 3.05) is 0 Å². The largest absolute Gasteiger partial charge is 0.241 e. The van der Waals surface area contributed by atoms with Gasteiger partial charge in [0.05, 0.1) is 0 Å². The summed E-state index contributed by atoms with van der Waals surface area (Å²) in [7, 11) is 0. The minimum atomic E-state index is 0.427. The standard InChI is InChI=1S/C11H18N2/c1-5-9-7-12-11(8(3)4)13-10(9)6-2/h7-8H,5-6H2,1-4H3. The molecular formula is C11H18N2. The van der Waals surface area contributed by atoms with Gasteiger partial charge in [-0.2, -0.15) is 0 Å². The van der Waals surface area contributed by atoms with Crippen LogP contribution in [0.25, 0.3) is 0 Å². The van der Waals surface area contributed by atoms with E-state index in [-0.39, 0.29) is 0 Å². The molecule has 1 aromatic rings. The molecule has 0 unspecified atom stereocenters. The molecule has 0 bridgehead atoms. The van der Waals surface area contributed by atoms with Crippen LogP contribution < -0.4 is 0 Å². The molecule has 2 nitrogen and oxygen atoms in total. The molecule has 0 spiro atoms. The van der Waals surface area contributed by atoms with Gasteiger partial charge in [0.1, 0.15) is 5.82 Å². The maximum absolute atomic E-state index is 4.55. The summed E-state index contributed by atoms with van der Waals surface area (Å²) in [4.78, 5) is 8.90. The van der Waals surface area contributed by atoms with Crippen molar-refractivity contribution in [3.8, 4) is 0 Å². The lowest BCUT2D eigenvalue weighted by Gasteiger charge is -2.08. The SMILES string of the molecule is CCc1cnc(C(C)C)nc1CC. The van der Waals surface area contributed by atoms with Gasteiger partial charge >= 0.3 is 0 Å². The van der Waals surface area contributed by atoms with Crippen molar-refractivity contribution in [2.45, 2.75) is 46.5 Å². The molecule has 0 aromatic carbocycles. The molecule has 13 heavy (non-hydrogen) atoms. The van der Waals surface area contributed by atoms with Gasteiger partial charge in [-0.15, -0.1) is 0 Å². The van der Waals surface area contributed by atoms with Crippen molar-refractivity contribution in [1.82, 2.24) is 9.97 Å². The third kappa shape index (κ3) is 2.27.